The molecule has 2 aromatic carbocycles. The van der Waals surface area contributed by atoms with Crippen molar-refractivity contribution in [3.8, 4) is 0 Å². The lowest BCUT2D eigenvalue weighted by Crippen LogP contribution is -2.07. The zero-order valence-electron chi connectivity index (χ0n) is 10.2. The fourth-order valence-corrected chi connectivity index (χ4v) is 1.91. The molecule has 0 heterocycles. The van der Waals surface area contributed by atoms with Gasteiger partial charge < -0.3 is 10.4 Å². The summed E-state index contributed by atoms with van der Waals surface area (Å²) in [6, 6.07) is 9.11. The van der Waals surface area contributed by atoms with Gasteiger partial charge in [-0.2, -0.15) is 0 Å². The van der Waals surface area contributed by atoms with Crippen molar-refractivity contribution in [1.29, 1.82) is 0 Å². The summed E-state index contributed by atoms with van der Waals surface area (Å²) in [5.41, 5.74) is -0.0112. The Hall–Kier alpha value is -2.14. The molecule has 0 aliphatic heterocycles. The van der Waals surface area contributed by atoms with E-state index in [2.05, 4.69) is 5.32 Å². The zero-order chi connectivity index (χ0) is 14.7. The lowest BCUT2D eigenvalue weighted by atomic mass is 10.1. The summed E-state index contributed by atoms with van der Waals surface area (Å²) in [5.74, 6) is -4.11. The number of carboxylic acids is 1. The van der Waals surface area contributed by atoms with Gasteiger partial charge in [-0.05, 0) is 29.8 Å². The van der Waals surface area contributed by atoms with Crippen molar-refractivity contribution in [1.82, 2.24) is 0 Å². The molecule has 0 amide bonds. The molecule has 104 valence electrons. The Bertz CT molecular complexity index is 662. The topological polar surface area (TPSA) is 49.3 Å². The van der Waals surface area contributed by atoms with Crippen molar-refractivity contribution in [3.05, 3.63) is 64.2 Å². The monoisotopic (exact) mass is 297 g/mol. The smallest absolute Gasteiger partial charge is 0.338 e. The van der Waals surface area contributed by atoms with Crippen LogP contribution < -0.4 is 5.32 Å². The predicted molar refractivity (Wildman–Crippen MR) is 72.1 cm³/mol. The van der Waals surface area contributed by atoms with Crippen molar-refractivity contribution in [2.45, 2.75) is 6.54 Å². The fraction of sp³-hybridized carbons (Fsp3) is 0.0714. The second-order valence-corrected chi connectivity index (χ2v) is 4.51. The maximum Gasteiger partial charge on any atom is 0.338 e. The second-order valence-electron chi connectivity index (χ2n) is 4.08. The van der Waals surface area contributed by atoms with Crippen molar-refractivity contribution < 1.29 is 18.7 Å². The van der Waals surface area contributed by atoms with Gasteiger partial charge in [-0.25, -0.2) is 13.6 Å². The summed E-state index contributed by atoms with van der Waals surface area (Å²) in [6.45, 7) is 0.239. The molecule has 0 aromatic heterocycles. The summed E-state index contributed by atoms with van der Waals surface area (Å²) in [7, 11) is 0. The Labute approximate surface area is 118 Å². The van der Waals surface area contributed by atoms with Gasteiger partial charge in [0.1, 0.15) is 0 Å². The van der Waals surface area contributed by atoms with Crippen LogP contribution in [-0.2, 0) is 6.54 Å². The third-order valence-corrected chi connectivity index (χ3v) is 2.92. The Morgan fingerprint density at radius 2 is 1.95 bits per heavy atom. The molecule has 20 heavy (non-hydrogen) atoms. The number of benzene rings is 2. The summed E-state index contributed by atoms with van der Waals surface area (Å²) >= 11 is 5.81. The van der Waals surface area contributed by atoms with Gasteiger partial charge in [0.2, 0.25) is 0 Å². The van der Waals surface area contributed by atoms with Crippen molar-refractivity contribution in [2.75, 3.05) is 5.32 Å². The first kappa shape index (κ1) is 14.3. The normalized spacial score (nSPS) is 10.3. The Morgan fingerprint density at radius 1 is 1.20 bits per heavy atom. The maximum absolute atomic E-state index is 13.7. The Balaban J connectivity index is 2.18. The molecular formula is C14H10ClF2NO2. The first-order valence-electron chi connectivity index (χ1n) is 5.68. The maximum atomic E-state index is 13.7. The van der Waals surface area contributed by atoms with Gasteiger partial charge in [-0.3, -0.25) is 0 Å². The van der Waals surface area contributed by atoms with Crippen LogP contribution in [0.4, 0.5) is 14.5 Å². The van der Waals surface area contributed by atoms with E-state index in [0.29, 0.717) is 5.02 Å². The van der Waals surface area contributed by atoms with E-state index in [-0.39, 0.29) is 12.2 Å². The van der Waals surface area contributed by atoms with Gasteiger partial charge >= 0.3 is 5.97 Å². The summed E-state index contributed by atoms with van der Waals surface area (Å²) in [4.78, 5) is 10.7. The van der Waals surface area contributed by atoms with Crippen LogP contribution >= 0.6 is 11.6 Å². The molecule has 2 aromatic rings. The van der Waals surface area contributed by atoms with Crippen LogP contribution in [0.5, 0.6) is 0 Å². The summed E-state index contributed by atoms with van der Waals surface area (Å²) < 4.78 is 27.2. The number of carboxylic acid groups (broad SMARTS) is 1. The van der Waals surface area contributed by atoms with Gasteiger partial charge in [0, 0.05) is 11.6 Å². The Morgan fingerprint density at radius 3 is 2.60 bits per heavy atom. The minimum atomic E-state index is -1.51. The molecule has 0 radical (unpaired) electrons. The molecule has 0 atom stereocenters. The van der Waals surface area contributed by atoms with E-state index < -0.39 is 23.2 Å². The molecule has 6 heteroatoms. The summed E-state index contributed by atoms with van der Waals surface area (Å²) in [5, 5.41) is 11.9. The number of anilines is 1. The van der Waals surface area contributed by atoms with E-state index in [4.69, 9.17) is 16.7 Å². The van der Waals surface area contributed by atoms with E-state index in [9.17, 15) is 13.6 Å². The third kappa shape index (κ3) is 3.05. The minimum absolute atomic E-state index is 0.104. The van der Waals surface area contributed by atoms with Crippen LogP contribution in [0.3, 0.4) is 0 Å². The summed E-state index contributed by atoms with van der Waals surface area (Å²) in [6.07, 6.45) is 0. The van der Waals surface area contributed by atoms with Gasteiger partial charge in [-0.15, -0.1) is 0 Å². The van der Waals surface area contributed by atoms with Crippen LogP contribution in [0.2, 0.25) is 5.02 Å². The van der Waals surface area contributed by atoms with E-state index in [0.717, 1.165) is 11.6 Å². The molecule has 0 unspecified atom stereocenters. The highest BCUT2D eigenvalue weighted by Gasteiger charge is 2.17. The standard InChI is InChI=1S/C14H10ClF2NO2/c15-9-3-1-2-8(6-9)7-18-11-5-4-10(14(19)20)12(16)13(11)17/h1-6,18H,7H2,(H,19,20). The van der Waals surface area contributed by atoms with Gasteiger partial charge in [0.25, 0.3) is 0 Å². The molecule has 3 nitrogen and oxygen atoms in total. The Kier molecular flexibility index (Phi) is 4.20. The van der Waals surface area contributed by atoms with Crippen LogP contribution in [-0.4, -0.2) is 11.1 Å². The fourth-order valence-electron chi connectivity index (χ4n) is 1.70. The van der Waals surface area contributed by atoms with Crippen LogP contribution in [0, 0.1) is 11.6 Å². The van der Waals surface area contributed by atoms with E-state index in [1.807, 2.05) is 0 Å². The average molecular weight is 298 g/mol. The molecular weight excluding hydrogens is 288 g/mol. The molecule has 0 aliphatic carbocycles. The number of hydrogen-bond acceptors (Lipinski definition) is 2. The van der Waals surface area contributed by atoms with Crippen LogP contribution in [0.1, 0.15) is 15.9 Å². The number of carbonyl (C=O) groups is 1. The molecule has 2 N–H and O–H groups in total. The number of halogens is 3. The average Bonchev–Trinajstić information content (AvgIpc) is 2.40. The van der Waals surface area contributed by atoms with Gasteiger partial charge in [0.05, 0.1) is 11.3 Å². The largest absolute Gasteiger partial charge is 0.478 e. The number of nitrogens with one attached hydrogen (secondary N) is 1. The number of aromatic carboxylic acids is 1. The third-order valence-electron chi connectivity index (χ3n) is 2.68. The van der Waals surface area contributed by atoms with Crippen LogP contribution in [0.25, 0.3) is 0 Å². The lowest BCUT2D eigenvalue weighted by Gasteiger charge is -2.09. The van der Waals surface area contributed by atoms with Crippen molar-refractivity contribution in [3.63, 3.8) is 0 Å². The molecule has 0 fully saturated rings. The molecule has 2 rings (SSSR count). The van der Waals surface area contributed by atoms with E-state index in [1.165, 1.54) is 6.07 Å². The first-order chi connectivity index (χ1) is 9.49. The van der Waals surface area contributed by atoms with Crippen molar-refractivity contribution in [2.24, 2.45) is 0 Å². The molecule has 0 aliphatic rings. The van der Waals surface area contributed by atoms with Gasteiger partial charge in [0.15, 0.2) is 11.6 Å². The van der Waals surface area contributed by atoms with E-state index >= 15 is 0 Å². The minimum Gasteiger partial charge on any atom is -0.478 e. The van der Waals surface area contributed by atoms with Crippen LogP contribution in [0.15, 0.2) is 36.4 Å². The molecule has 0 bridgehead atoms. The quantitative estimate of drug-likeness (QED) is 0.899. The van der Waals surface area contributed by atoms with Crippen molar-refractivity contribution >= 4 is 23.3 Å². The first-order valence-corrected chi connectivity index (χ1v) is 6.06. The molecule has 0 saturated carbocycles. The second kappa shape index (κ2) is 5.88. The van der Waals surface area contributed by atoms with E-state index in [1.54, 1.807) is 24.3 Å². The van der Waals surface area contributed by atoms with Gasteiger partial charge in [-0.1, -0.05) is 23.7 Å². The zero-order valence-corrected chi connectivity index (χ0v) is 10.9. The molecule has 0 saturated heterocycles. The highest BCUT2D eigenvalue weighted by Crippen LogP contribution is 2.21. The highest BCUT2D eigenvalue weighted by atomic mass is 35.5. The number of rotatable bonds is 4. The lowest BCUT2D eigenvalue weighted by molar-refractivity contribution is 0.0690. The number of hydrogen-bond donors (Lipinski definition) is 2. The SMILES string of the molecule is O=C(O)c1ccc(NCc2cccc(Cl)c2)c(F)c1F. The highest BCUT2D eigenvalue weighted by molar-refractivity contribution is 6.30. The predicted octanol–water partition coefficient (Wildman–Crippen LogP) is 3.93. The molecule has 0 spiro atoms.